The van der Waals surface area contributed by atoms with Crippen LogP contribution in [0.4, 0.5) is 24.7 Å². The molecule has 1 atom stereocenters. The molecule has 1 aliphatic heterocycles. The van der Waals surface area contributed by atoms with E-state index < -0.39 is 23.7 Å². The Kier molecular flexibility index (Phi) is 5.41. The summed E-state index contributed by atoms with van der Waals surface area (Å²) in [6, 6.07) is 4.55. The van der Waals surface area contributed by atoms with Crippen LogP contribution in [0, 0.1) is 11.6 Å². The number of methoxy groups -OCH3 is 1. The predicted octanol–water partition coefficient (Wildman–Crippen LogP) is 3.16. The Morgan fingerprint density at radius 2 is 2.15 bits per heavy atom. The Balaban J connectivity index is 2.11. The van der Waals surface area contributed by atoms with E-state index in [1.54, 1.807) is 4.90 Å². The summed E-state index contributed by atoms with van der Waals surface area (Å²) >= 11 is 0. The largest absolute Gasteiger partial charge is 0.375 e. The van der Waals surface area contributed by atoms with Crippen LogP contribution in [-0.4, -0.2) is 43.9 Å². The number of halogens is 3. The van der Waals surface area contributed by atoms with Crippen LogP contribution in [0.15, 0.2) is 30.5 Å². The Labute approximate surface area is 148 Å². The van der Waals surface area contributed by atoms with Crippen molar-refractivity contribution in [2.75, 3.05) is 37.0 Å². The number of rotatable bonds is 5. The molecule has 1 aliphatic rings. The first-order valence-electron chi connectivity index (χ1n) is 8.12. The summed E-state index contributed by atoms with van der Waals surface area (Å²) in [5.41, 5.74) is 0.448. The molecule has 1 amide bonds. The van der Waals surface area contributed by atoms with Gasteiger partial charge >= 0.3 is 0 Å². The summed E-state index contributed by atoms with van der Waals surface area (Å²) in [5, 5.41) is 2.64. The second-order valence-electron chi connectivity index (χ2n) is 5.99. The van der Waals surface area contributed by atoms with Gasteiger partial charge in [-0.25, -0.2) is 18.2 Å². The number of hydrogen-bond donors (Lipinski definition) is 1. The van der Waals surface area contributed by atoms with Crippen molar-refractivity contribution in [2.24, 2.45) is 0 Å². The number of aromatic nitrogens is 1. The van der Waals surface area contributed by atoms with Gasteiger partial charge in [-0.3, -0.25) is 4.79 Å². The molecule has 0 bridgehead atoms. The average molecular weight is 365 g/mol. The molecule has 1 fully saturated rings. The van der Waals surface area contributed by atoms with Crippen LogP contribution in [0.5, 0.6) is 0 Å². The smallest absolute Gasteiger partial charge is 0.250 e. The van der Waals surface area contributed by atoms with E-state index in [4.69, 9.17) is 4.74 Å². The lowest BCUT2D eigenvalue weighted by atomic mass is 10.0. The summed E-state index contributed by atoms with van der Waals surface area (Å²) < 4.78 is 46.4. The van der Waals surface area contributed by atoms with E-state index in [-0.39, 0.29) is 30.0 Å². The normalized spacial score (nSPS) is 16.8. The Hall–Kier alpha value is -2.61. The minimum Gasteiger partial charge on any atom is -0.375 e. The van der Waals surface area contributed by atoms with E-state index in [1.165, 1.54) is 19.4 Å². The van der Waals surface area contributed by atoms with Crippen molar-refractivity contribution >= 4 is 17.4 Å². The van der Waals surface area contributed by atoms with E-state index in [2.05, 4.69) is 10.3 Å². The van der Waals surface area contributed by atoms with Crippen LogP contribution in [0.2, 0.25) is 0 Å². The fourth-order valence-electron chi connectivity index (χ4n) is 2.96. The van der Waals surface area contributed by atoms with Gasteiger partial charge in [0.2, 0.25) is 5.91 Å². The quantitative estimate of drug-likeness (QED) is 0.884. The number of nitrogens with one attached hydrogen (secondary N) is 1. The van der Waals surface area contributed by atoms with Crippen molar-refractivity contribution in [3.63, 3.8) is 0 Å². The van der Waals surface area contributed by atoms with E-state index in [0.29, 0.717) is 18.8 Å². The topological polar surface area (TPSA) is 54.5 Å². The molecule has 0 spiro atoms. The zero-order valence-electron chi connectivity index (χ0n) is 14.1. The number of carbonyl (C=O) groups excluding carboxylic acids is 1. The molecule has 2 aromatic rings. The highest BCUT2D eigenvalue weighted by molar-refractivity contribution is 6.00. The number of pyridine rings is 1. The van der Waals surface area contributed by atoms with Crippen LogP contribution in [-0.2, 0) is 9.53 Å². The Bertz CT molecular complexity index is 816. The van der Waals surface area contributed by atoms with Crippen molar-refractivity contribution < 1.29 is 22.7 Å². The van der Waals surface area contributed by atoms with Gasteiger partial charge in [-0.05, 0) is 30.7 Å². The lowest BCUT2D eigenvalue weighted by Gasteiger charge is -2.22. The molecular formula is C18H18F3N3O2. The van der Waals surface area contributed by atoms with Crippen molar-refractivity contribution in [1.82, 2.24) is 4.98 Å². The summed E-state index contributed by atoms with van der Waals surface area (Å²) in [6.45, 7) is 0.316. The van der Waals surface area contributed by atoms with Crippen molar-refractivity contribution in [3.8, 4) is 11.1 Å². The third-order valence-corrected chi connectivity index (χ3v) is 4.12. The van der Waals surface area contributed by atoms with E-state index >= 15 is 0 Å². The van der Waals surface area contributed by atoms with Gasteiger partial charge in [0.25, 0.3) is 0 Å². The maximum atomic E-state index is 14.3. The molecular weight excluding hydrogens is 347 g/mol. The maximum Gasteiger partial charge on any atom is 0.250 e. The van der Waals surface area contributed by atoms with Gasteiger partial charge in [-0.15, -0.1) is 0 Å². The van der Waals surface area contributed by atoms with Gasteiger partial charge in [-0.1, -0.05) is 0 Å². The lowest BCUT2D eigenvalue weighted by Crippen LogP contribution is -2.25. The van der Waals surface area contributed by atoms with Gasteiger partial charge in [0, 0.05) is 31.0 Å². The lowest BCUT2D eigenvalue weighted by molar-refractivity contribution is -0.119. The second kappa shape index (κ2) is 7.74. The van der Waals surface area contributed by atoms with Crippen molar-refractivity contribution in [3.05, 3.63) is 42.1 Å². The Morgan fingerprint density at radius 1 is 1.35 bits per heavy atom. The highest BCUT2D eigenvalue weighted by Gasteiger charge is 2.27. The first-order chi connectivity index (χ1) is 12.5. The molecule has 0 unspecified atom stereocenters. The van der Waals surface area contributed by atoms with Crippen molar-refractivity contribution in [1.29, 1.82) is 0 Å². The number of hydrogen-bond acceptors (Lipinski definition) is 4. The fourth-order valence-corrected chi connectivity index (χ4v) is 2.96. The van der Waals surface area contributed by atoms with Crippen LogP contribution < -0.4 is 10.2 Å². The second-order valence-corrected chi connectivity index (χ2v) is 5.99. The molecule has 3 rings (SSSR count). The van der Waals surface area contributed by atoms with Gasteiger partial charge in [0.1, 0.15) is 24.4 Å². The van der Waals surface area contributed by atoms with Gasteiger partial charge in [0.15, 0.2) is 5.82 Å². The SMILES string of the molecule is COCC(=O)Nc1c(-c2cc(F)ccc2F)ccnc1N1CC[C@H](F)C1. The van der Waals surface area contributed by atoms with Gasteiger partial charge in [-0.2, -0.15) is 0 Å². The zero-order chi connectivity index (χ0) is 18.7. The molecule has 1 saturated heterocycles. The first-order valence-corrected chi connectivity index (χ1v) is 8.12. The summed E-state index contributed by atoms with van der Waals surface area (Å²) in [5.74, 6) is -1.42. The molecule has 1 aromatic heterocycles. The van der Waals surface area contributed by atoms with E-state index in [1.807, 2.05) is 0 Å². The summed E-state index contributed by atoms with van der Waals surface area (Å²) in [6.07, 6.45) is 0.756. The third-order valence-electron chi connectivity index (χ3n) is 4.12. The van der Waals surface area contributed by atoms with Crippen molar-refractivity contribution in [2.45, 2.75) is 12.6 Å². The van der Waals surface area contributed by atoms with Crippen LogP contribution in [0.3, 0.4) is 0 Å². The molecule has 8 heteroatoms. The number of anilines is 2. The molecule has 1 N–H and O–H groups in total. The zero-order valence-corrected chi connectivity index (χ0v) is 14.1. The van der Waals surface area contributed by atoms with E-state index in [0.717, 1.165) is 18.2 Å². The third kappa shape index (κ3) is 3.80. The fraction of sp³-hybridized carbons (Fsp3) is 0.333. The predicted molar refractivity (Wildman–Crippen MR) is 91.8 cm³/mol. The minimum absolute atomic E-state index is 0.0163. The van der Waals surface area contributed by atoms with Crippen LogP contribution >= 0.6 is 0 Å². The van der Waals surface area contributed by atoms with Crippen LogP contribution in [0.1, 0.15) is 6.42 Å². The number of benzene rings is 1. The highest BCUT2D eigenvalue weighted by Crippen LogP contribution is 2.37. The number of alkyl halides is 1. The summed E-state index contributed by atoms with van der Waals surface area (Å²) in [4.78, 5) is 18.0. The van der Waals surface area contributed by atoms with Crippen LogP contribution in [0.25, 0.3) is 11.1 Å². The number of ether oxygens (including phenoxy) is 1. The Morgan fingerprint density at radius 3 is 2.85 bits per heavy atom. The average Bonchev–Trinajstić information content (AvgIpc) is 3.04. The number of carbonyl (C=O) groups is 1. The highest BCUT2D eigenvalue weighted by atomic mass is 19.1. The summed E-state index contributed by atoms with van der Waals surface area (Å²) in [7, 11) is 1.37. The van der Waals surface area contributed by atoms with E-state index in [9.17, 15) is 18.0 Å². The standard InChI is InChI=1S/C18H18F3N3O2/c1-26-10-16(25)23-17-13(14-8-11(19)2-3-15(14)21)4-6-22-18(17)24-7-5-12(20)9-24/h2-4,6,8,12H,5,7,9-10H2,1H3,(H,23,25)/t12-/m0/s1. The molecule has 26 heavy (non-hydrogen) atoms. The minimum atomic E-state index is -1.01. The maximum absolute atomic E-state index is 14.3. The molecule has 5 nitrogen and oxygen atoms in total. The first kappa shape index (κ1) is 18.2. The number of nitrogens with zero attached hydrogens (tertiary/aromatic N) is 2. The van der Waals surface area contributed by atoms with Gasteiger partial charge < -0.3 is 15.0 Å². The number of amides is 1. The molecule has 1 aromatic carbocycles. The molecule has 0 saturated carbocycles. The molecule has 0 radical (unpaired) electrons. The molecule has 138 valence electrons. The molecule has 0 aliphatic carbocycles. The molecule has 2 heterocycles. The monoisotopic (exact) mass is 365 g/mol. The van der Waals surface area contributed by atoms with Gasteiger partial charge in [0.05, 0.1) is 12.2 Å².